The molecule has 2 amide bonds. The number of hydrogen-bond donors (Lipinski definition) is 1. The smallest absolute Gasteiger partial charge is 0.261 e. The van der Waals surface area contributed by atoms with E-state index >= 15 is 0 Å². The van der Waals surface area contributed by atoms with E-state index in [1.807, 2.05) is 38.1 Å². The van der Waals surface area contributed by atoms with Gasteiger partial charge in [0.1, 0.15) is 12.3 Å². The molecular formula is C24H27N3O4. The van der Waals surface area contributed by atoms with Gasteiger partial charge in [0.25, 0.3) is 5.91 Å². The SMILES string of the molecule is Cc1cccc(NC(=O)CN(C[C@H]2CCCO2)C(=O)COc2ccc(C#N)cc2)c1C. The molecule has 0 aromatic heterocycles. The van der Waals surface area contributed by atoms with Crippen LogP contribution in [0.1, 0.15) is 29.5 Å². The van der Waals surface area contributed by atoms with Crippen molar-refractivity contribution in [3.63, 3.8) is 0 Å². The largest absolute Gasteiger partial charge is 0.484 e. The third-order valence-electron chi connectivity index (χ3n) is 5.36. The first-order valence-corrected chi connectivity index (χ1v) is 10.3. The molecule has 1 N–H and O–H groups in total. The fourth-order valence-corrected chi connectivity index (χ4v) is 3.40. The summed E-state index contributed by atoms with van der Waals surface area (Å²) in [6.45, 7) is 4.67. The van der Waals surface area contributed by atoms with Crippen molar-refractivity contribution < 1.29 is 19.1 Å². The summed E-state index contributed by atoms with van der Waals surface area (Å²) >= 11 is 0. The Kier molecular flexibility index (Phi) is 7.63. The van der Waals surface area contributed by atoms with Gasteiger partial charge in [-0.05, 0) is 68.1 Å². The van der Waals surface area contributed by atoms with Crippen molar-refractivity contribution >= 4 is 17.5 Å². The van der Waals surface area contributed by atoms with Crippen LogP contribution in [0.15, 0.2) is 42.5 Å². The predicted octanol–water partition coefficient (Wildman–Crippen LogP) is 3.20. The van der Waals surface area contributed by atoms with E-state index in [1.165, 1.54) is 4.90 Å². The fraction of sp³-hybridized carbons (Fsp3) is 0.375. The third kappa shape index (κ3) is 6.30. The van der Waals surface area contributed by atoms with Crippen LogP contribution in [-0.4, -0.2) is 49.1 Å². The molecule has 0 unspecified atom stereocenters. The summed E-state index contributed by atoms with van der Waals surface area (Å²) in [5.74, 6) is -0.0707. The minimum atomic E-state index is -0.295. The van der Waals surface area contributed by atoms with Crippen molar-refractivity contribution in [3.05, 3.63) is 59.2 Å². The first-order valence-electron chi connectivity index (χ1n) is 10.3. The summed E-state index contributed by atoms with van der Waals surface area (Å²) in [7, 11) is 0. The van der Waals surface area contributed by atoms with E-state index < -0.39 is 0 Å². The van der Waals surface area contributed by atoms with E-state index in [-0.39, 0.29) is 31.1 Å². The van der Waals surface area contributed by atoms with Crippen LogP contribution in [0.25, 0.3) is 0 Å². The Morgan fingerprint density at radius 3 is 2.68 bits per heavy atom. The Morgan fingerprint density at radius 1 is 1.23 bits per heavy atom. The predicted molar refractivity (Wildman–Crippen MR) is 117 cm³/mol. The van der Waals surface area contributed by atoms with Gasteiger partial charge in [-0.2, -0.15) is 5.26 Å². The van der Waals surface area contributed by atoms with Crippen LogP contribution in [0.4, 0.5) is 5.69 Å². The number of rotatable bonds is 8. The van der Waals surface area contributed by atoms with E-state index in [9.17, 15) is 9.59 Å². The Bertz CT molecular complexity index is 960. The number of carbonyl (C=O) groups excluding carboxylic acids is 2. The van der Waals surface area contributed by atoms with Gasteiger partial charge in [0.15, 0.2) is 6.61 Å². The zero-order valence-electron chi connectivity index (χ0n) is 17.9. The highest BCUT2D eigenvalue weighted by Gasteiger charge is 2.25. The highest BCUT2D eigenvalue weighted by Crippen LogP contribution is 2.19. The molecule has 2 aromatic carbocycles. The molecule has 7 heteroatoms. The maximum Gasteiger partial charge on any atom is 0.261 e. The average molecular weight is 421 g/mol. The number of nitrogens with zero attached hydrogens (tertiary/aromatic N) is 2. The normalized spacial score (nSPS) is 15.2. The fourth-order valence-electron chi connectivity index (χ4n) is 3.40. The number of ether oxygens (including phenoxy) is 2. The summed E-state index contributed by atoms with van der Waals surface area (Å²) in [5, 5.41) is 11.8. The molecule has 1 aliphatic heterocycles. The molecule has 31 heavy (non-hydrogen) atoms. The number of benzene rings is 2. The lowest BCUT2D eigenvalue weighted by molar-refractivity contribution is -0.138. The van der Waals surface area contributed by atoms with Crippen molar-refractivity contribution in [2.24, 2.45) is 0 Å². The Balaban J connectivity index is 1.63. The number of amides is 2. The molecule has 1 fully saturated rings. The highest BCUT2D eigenvalue weighted by molar-refractivity contribution is 5.95. The van der Waals surface area contributed by atoms with E-state index in [1.54, 1.807) is 24.3 Å². The Hall–Kier alpha value is -3.37. The van der Waals surface area contributed by atoms with Crippen LogP contribution >= 0.6 is 0 Å². The van der Waals surface area contributed by atoms with Crippen molar-refractivity contribution in [1.29, 1.82) is 5.26 Å². The number of hydrogen-bond acceptors (Lipinski definition) is 5. The molecule has 0 spiro atoms. The molecule has 2 aromatic rings. The van der Waals surface area contributed by atoms with Gasteiger partial charge >= 0.3 is 0 Å². The van der Waals surface area contributed by atoms with E-state index in [4.69, 9.17) is 14.7 Å². The summed E-state index contributed by atoms with van der Waals surface area (Å²) in [6, 6.07) is 14.3. The molecule has 0 radical (unpaired) electrons. The lowest BCUT2D eigenvalue weighted by Gasteiger charge is -2.25. The van der Waals surface area contributed by atoms with Crippen molar-refractivity contribution in [2.45, 2.75) is 32.8 Å². The van der Waals surface area contributed by atoms with Gasteiger partial charge in [0.05, 0.1) is 17.7 Å². The maximum atomic E-state index is 12.8. The second kappa shape index (κ2) is 10.6. The second-order valence-electron chi connectivity index (χ2n) is 7.63. The van der Waals surface area contributed by atoms with Crippen LogP contribution in [-0.2, 0) is 14.3 Å². The van der Waals surface area contributed by atoms with Crippen LogP contribution < -0.4 is 10.1 Å². The second-order valence-corrected chi connectivity index (χ2v) is 7.63. The molecule has 0 aliphatic carbocycles. The standard InChI is InChI=1S/C24H27N3O4/c1-17-5-3-7-22(18(17)2)26-23(28)15-27(14-21-6-4-12-30-21)24(29)16-31-20-10-8-19(13-25)9-11-20/h3,5,7-11,21H,4,6,12,14-16H2,1-2H3,(H,26,28)/t21-/m1/s1. The van der Waals surface area contributed by atoms with Gasteiger partial charge in [0, 0.05) is 18.8 Å². The van der Waals surface area contributed by atoms with E-state index in [0.29, 0.717) is 24.5 Å². The molecule has 1 atom stereocenters. The molecular weight excluding hydrogens is 394 g/mol. The molecule has 7 nitrogen and oxygen atoms in total. The summed E-state index contributed by atoms with van der Waals surface area (Å²) < 4.78 is 11.2. The first kappa shape index (κ1) is 22.3. The quantitative estimate of drug-likeness (QED) is 0.707. The number of anilines is 1. The first-order chi connectivity index (χ1) is 15.0. The minimum absolute atomic E-state index is 0.0765. The molecule has 162 valence electrons. The number of aryl methyl sites for hydroxylation is 1. The highest BCUT2D eigenvalue weighted by atomic mass is 16.5. The zero-order valence-corrected chi connectivity index (χ0v) is 17.9. The van der Waals surface area contributed by atoms with Crippen LogP contribution in [0.5, 0.6) is 5.75 Å². The third-order valence-corrected chi connectivity index (χ3v) is 5.36. The lowest BCUT2D eigenvalue weighted by atomic mass is 10.1. The average Bonchev–Trinajstić information content (AvgIpc) is 3.28. The minimum Gasteiger partial charge on any atom is -0.484 e. The monoisotopic (exact) mass is 421 g/mol. The van der Waals surface area contributed by atoms with Crippen LogP contribution in [0.2, 0.25) is 0 Å². The topological polar surface area (TPSA) is 91.7 Å². The molecule has 0 saturated carbocycles. The maximum absolute atomic E-state index is 12.8. The van der Waals surface area contributed by atoms with Crippen molar-refractivity contribution in [3.8, 4) is 11.8 Å². The van der Waals surface area contributed by atoms with Gasteiger partial charge < -0.3 is 19.7 Å². The van der Waals surface area contributed by atoms with Crippen molar-refractivity contribution in [1.82, 2.24) is 4.90 Å². The van der Waals surface area contributed by atoms with Gasteiger partial charge in [-0.3, -0.25) is 9.59 Å². The van der Waals surface area contributed by atoms with Gasteiger partial charge in [-0.1, -0.05) is 12.1 Å². The number of nitriles is 1. The lowest BCUT2D eigenvalue weighted by Crippen LogP contribution is -2.44. The van der Waals surface area contributed by atoms with Gasteiger partial charge in [-0.25, -0.2) is 0 Å². The Morgan fingerprint density at radius 2 is 2.00 bits per heavy atom. The van der Waals surface area contributed by atoms with Gasteiger partial charge in [0.2, 0.25) is 5.91 Å². The molecule has 1 saturated heterocycles. The van der Waals surface area contributed by atoms with Crippen LogP contribution in [0, 0.1) is 25.2 Å². The van der Waals surface area contributed by atoms with E-state index in [2.05, 4.69) is 5.32 Å². The number of nitrogens with one attached hydrogen (secondary N) is 1. The van der Waals surface area contributed by atoms with Gasteiger partial charge in [-0.15, -0.1) is 0 Å². The summed E-state index contributed by atoms with van der Waals surface area (Å²) in [6.07, 6.45) is 1.73. The number of carbonyl (C=O) groups is 2. The van der Waals surface area contributed by atoms with Crippen molar-refractivity contribution in [2.75, 3.05) is 31.6 Å². The molecule has 1 aliphatic rings. The summed E-state index contributed by atoms with van der Waals surface area (Å²) in [4.78, 5) is 27.0. The zero-order chi connectivity index (χ0) is 22.2. The molecule has 1 heterocycles. The van der Waals surface area contributed by atoms with E-state index in [0.717, 1.165) is 29.7 Å². The summed E-state index contributed by atoms with van der Waals surface area (Å²) in [5.41, 5.74) is 3.34. The molecule has 3 rings (SSSR count). The van der Waals surface area contributed by atoms with Crippen LogP contribution in [0.3, 0.4) is 0 Å². The molecule has 0 bridgehead atoms. The Labute approximate surface area is 182 Å².